The van der Waals surface area contributed by atoms with Crippen LogP contribution >= 0.6 is 0 Å². The second-order valence-corrected chi connectivity index (χ2v) is 5.61. The van der Waals surface area contributed by atoms with Gasteiger partial charge in [-0.2, -0.15) is 4.98 Å². The number of nitrogens with one attached hydrogen (secondary N) is 1. The van der Waals surface area contributed by atoms with Crippen LogP contribution in [0, 0.1) is 13.8 Å². The fraction of sp³-hybridized carbons (Fsp3) is 0.111. The van der Waals surface area contributed by atoms with Crippen LogP contribution in [-0.2, 0) is 0 Å². The van der Waals surface area contributed by atoms with E-state index in [1.807, 2.05) is 60.8 Å². The molecule has 0 aliphatic heterocycles. The quantitative estimate of drug-likeness (QED) is 0.626. The predicted octanol–water partition coefficient (Wildman–Crippen LogP) is 3.55. The van der Waals surface area contributed by atoms with Crippen molar-refractivity contribution in [3.63, 3.8) is 0 Å². The van der Waals surface area contributed by atoms with Crippen LogP contribution in [0.15, 0.2) is 54.9 Å². The van der Waals surface area contributed by atoms with Crippen LogP contribution in [0.4, 0.5) is 11.6 Å². The van der Waals surface area contributed by atoms with Gasteiger partial charge in [-0.3, -0.25) is 9.97 Å². The molecule has 6 nitrogen and oxygen atoms in total. The van der Waals surface area contributed by atoms with E-state index in [-0.39, 0.29) is 0 Å². The van der Waals surface area contributed by atoms with Gasteiger partial charge in [0.05, 0.1) is 5.69 Å². The van der Waals surface area contributed by atoms with Crippen LogP contribution in [0.2, 0.25) is 0 Å². The maximum absolute atomic E-state index is 4.60. The fourth-order valence-corrected chi connectivity index (χ4v) is 2.63. The summed E-state index contributed by atoms with van der Waals surface area (Å²) in [6.07, 6.45) is 3.57. The van der Waals surface area contributed by atoms with E-state index in [1.54, 1.807) is 12.4 Å². The number of aryl methyl sites for hydroxylation is 2. The van der Waals surface area contributed by atoms with Gasteiger partial charge in [0.1, 0.15) is 0 Å². The molecule has 6 heteroatoms. The smallest absolute Gasteiger partial charge is 0.247 e. The Morgan fingerprint density at radius 1 is 0.917 bits per heavy atom. The number of pyridine rings is 3. The zero-order chi connectivity index (χ0) is 16.5. The van der Waals surface area contributed by atoms with Gasteiger partial charge in [0.2, 0.25) is 5.95 Å². The molecular formula is C18H16N6. The van der Waals surface area contributed by atoms with Gasteiger partial charge in [-0.15, -0.1) is 5.10 Å². The number of aromatic nitrogens is 5. The van der Waals surface area contributed by atoms with Gasteiger partial charge in [0.15, 0.2) is 5.65 Å². The first-order valence-corrected chi connectivity index (χ1v) is 7.67. The summed E-state index contributed by atoms with van der Waals surface area (Å²) in [7, 11) is 0. The summed E-state index contributed by atoms with van der Waals surface area (Å²) in [5, 5.41) is 7.83. The Bertz CT molecular complexity index is 1020. The molecule has 0 atom stereocenters. The highest BCUT2D eigenvalue weighted by Gasteiger charge is 2.09. The minimum Gasteiger partial charge on any atom is -0.323 e. The Hall–Kier alpha value is -3.28. The molecule has 0 unspecified atom stereocenters. The highest BCUT2D eigenvalue weighted by atomic mass is 15.4. The van der Waals surface area contributed by atoms with E-state index in [4.69, 9.17) is 0 Å². The Balaban J connectivity index is 1.77. The summed E-state index contributed by atoms with van der Waals surface area (Å²) < 4.78 is 1.84. The van der Waals surface area contributed by atoms with Gasteiger partial charge >= 0.3 is 0 Å². The maximum atomic E-state index is 4.60. The third kappa shape index (κ3) is 2.69. The monoisotopic (exact) mass is 316 g/mol. The van der Waals surface area contributed by atoms with Crippen molar-refractivity contribution >= 4 is 17.3 Å². The summed E-state index contributed by atoms with van der Waals surface area (Å²) in [5.74, 6) is 0.554. The number of hydrogen-bond acceptors (Lipinski definition) is 5. The fourth-order valence-electron chi connectivity index (χ4n) is 2.63. The van der Waals surface area contributed by atoms with Crippen molar-refractivity contribution in [3.05, 3.63) is 66.2 Å². The largest absolute Gasteiger partial charge is 0.323 e. The second kappa shape index (κ2) is 5.73. The molecule has 0 fully saturated rings. The van der Waals surface area contributed by atoms with Gasteiger partial charge in [0, 0.05) is 35.0 Å². The molecule has 0 aromatic carbocycles. The molecule has 0 aliphatic carbocycles. The standard InChI is InChI=1S/C18H16N6/c1-12-10-14(6-8-19-12)16-4-3-5-17-22-18(23-24(16)17)21-15-7-9-20-13(2)11-15/h3-11H,1-2H3,(H,20,21,23). The van der Waals surface area contributed by atoms with Crippen LogP contribution in [0.25, 0.3) is 16.9 Å². The minimum atomic E-state index is 0.554. The molecule has 24 heavy (non-hydrogen) atoms. The van der Waals surface area contributed by atoms with E-state index >= 15 is 0 Å². The zero-order valence-electron chi connectivity index (χ0n) is 13.4. The molecule has 1 N–H and O–H groups in total. The molecule has 4 heterocycles. The molecule has 0 spiro atoms. The predicted molar refractivity (Wildman–Crippen MR) is 93.2 cm³/mol. The molecule has 0 radical (unpaired) electrons. The lowest BCUT2D eigenvalue weighted by Crippen LogP contribution is -1.96. The number of hydrogen-bond donors (Lipinski definition) is 1. The van der Waals surface area contributed by atoms with E-state index < -0.39 is 0 Å². The van der Waals surface area contributed by atoms with Gasteiger partial charge in [-0.1, -0.05) is 6.07 Å². The van der Waals surface area contributed by atoms with Crippen molar-refractivity contribution in [3.8, 4) is 11.3 Å². The molecular weight excluding hydrogens is 300 g/mol. The van der Waals surface area contributed by atoms with Crippen LogP contribution in [0.1, 0.15) is 11.4 Å². The van der Waals surface area contributed by atoms with Crippen molar-refractivity contribution in [2.24, 2.45) is 0 Å². The molecule has 0 bridgehead atoms. The summed E-state index contributed by atoms with van der Waals surface area (Å²) in [5.41, 5.74) is 5.65. The third-order valence-electron chi connectivity index (χ3n) is 3.70. The van der Waals surface area contributed by atoms with Crippen LogP contribution in [0.3, 0.4) is 0 Å². The number of fused-ring (bicyclic) bond motifs is 1. The van der Waals surface area contributed by atoms with E-state index in [2.05, 4.69) is 25.4 Å². The average Bonchev–Trinajstić information content (AvgIpc) is 2.97. The van der Waals surface area contributed by atoms with E-state index in [9.17, 15) is 0 Å². The summed E-state index contributed by atoms with van der Waals surface area (Å²) >= 11 is 0. The van der Waals surface area contributed by atoms with Crippen molar-refractivity contribution in [1.29, 1.82) is 0 Å². The van der Waals surface area contributed by atoms with Gasteiger partial charge in [0.25, 0.3) is 0 Å². The third-order valence-corrected chi connectivity index (χ3v) is 3.70. The Labute approximate surface area is 139 Å². The molecule has 0 amide bonds. The Morgan fingerprint density at radius 3 is 2.50 bits per heavy atom. The summed E-state index contributed by atoms with van der Waals surface area (Å²) in [6, 6.07) is 13.8. The highest BCUT2D eigenvalue weighted by Crippen LogP contribution is 2.22. The zero-order valence-corrected chi connectivity index (χ0v) is 13.4. The molecule has 0 saturated heterocycles. The normalized spacial score (nSPS) is 10.9. The van der Waals surface area contributed by atoms with Gasteiger partial charge in [-0.25, -0.2) is 4.52 Å². The van der Waals surface area contributed by atoms with Crippen LogP contribution in [-0.4, -0.2) is 24.6 Å². The SMILES string of the molecule is Cc1cc(Nc2nc3cccc(-c4ccnc(C)c4)n3n2)ccn1. The highest BCUT2D eigenvalue weighted by molar-refractivity contribution is 5.64. The lowest BCUT2D eigenvalue weighted by molar-refractivity contribution is 0.972. The van der Waals surface area contributed by atoms with Crippen molar-refractivity contribution < 1.29 is 0 Å². The van der Waals surface area contributed by atoms with Crippen molar-refractivity contribution in [1.82, 2.24) is 24.6 Å². The maximum Gasteiger partial charge on any atom is 0.247 e. The topological polar surface area (TPSA) is 68.0 Å². The molecule has 4 aromatic heterocycles. The lowest BCUT2D eigenvalue weighted by Gasteiger charge is -2.04. The molecule has 0 aliphatic rings. The van der Waals surface area contributed by atoms with Crippen molar-refractivity contribution in [2.45, 2.75) is 13.8 Å². The molecule has 118 valence electrons. The lowest BCUT2D eigenvalue weighted by atomic mass is 10.1. The van der Waals surface area contributed by atoms with E-state index in [0.29, 0.717) is 5.95 Å². The minimum absolute atomic E-state index is 0.554. The second-order valence-electron chi connectivity index (χ2n) is 5.61. The number of nitrogens with zero attached hydrogens (tertiary/aromatic N) is 5. The summed E-state index contributed by atoms with van der Waals surface area (Å²) in [6.45, 7) is 3.93. The van der Waals surface area contributed by atoms with Crippen molar-refractivity contribution in [2.75, 3.05) is 5.32 Å². The Kier molecular flexibility index (Phi) is 3.42. The first kappa shape index (κ1) is 14.3. The van der Waals surface area contributed by atoms with Crippen LogP contribution in [0.5, 0.6) is 0 Å². The number of rotatable bonds is 3. The number of anilines is 2. The first-order valence-electron chi connectivity index (χ1n) is 7.67. The van der Waals surface area contributed by atoms with E-state index in [1.165, 1.54) is 0 Å². The van der Waals surface area contributed by atoms with Crippen LogP contribution < -0.4 is 5.32 Å². The first-order chi connectivity index (χ1) is 11.7. The Morgan fingerprint density at radius 2 is 1.71 bits per heavy atom. The molecule has 4 aromatic rings. The van der Waals surface area contributed by atoms with E-state index in [0.717, 1.165) is 34.0 Å². The van der Waals surface area contributed by atoms with Gasteiger partial charge < -0.3 is 5.32 Å². The average molecular weight is 316 g/mol. The molecule has 0 saturated carbocycles. The van der Waals surface area contributed by atoms with Gasteiger partial charge in [-0.05, 0) is 50.2 Å². The molecule has 4 rings (SSSR count). The summed E-state index contributed by atoms with van der Waals surface area (Å²) in [4.78, 5) is 13.0.